The van der Waals surface area contributed by atoms with Crippen LogP contribution in [0.4, 0.5) is 0 Å². The van der Waals surface area contributed by atoms with Gasteiger partial charge in [-0.2, -0.15) is 0 Å². The van der Waals surface area contributed by atoms with Gasteiger partial charge in [-0.15, -0.1) is 5.10 Å². The summed E-state index contributed by atoms with van der Waals surface area (Å²) in [6.07, 6.45) is 1.84. The lowest BCUT2D eigenvalue weighted by Gasteiger charge is -2.29. The molecule has 4 nitrogen and oxygen atoms in total. The number of aromatic nitrogens is 2. The van der Waals surface area contributed by atoms with Crippen molar-refractivity contribution in [2.45, 2.75) is 39.3 Å². The second kappa shape index (κ2) is 8.72. The molecule has 3 rings (SSSR count). The molecule has 0 unspecified atom stereocenters. The van der Waals surface area contributed by atoms with Crippen molar-refractivity contribution in [2.75, 3.05) is 0 Å². The summed E-state index contributed by atoms with van der Waals surface area (Å²) < 4.78 is 3.85. The SMILES string of the molecule is Cc1ccccc1CN(C(=O)c1csnn1)[C@@H](C)CCc1ccccc1. The van der Waals surface area contributed by atoms with Gasteiger partial charge in [-0.3, -0.25) is 4.79 Å². The van der Waals surface area contributed by atoms with Gasteiger partial charge in [0.05, 0.1) is 0 Å². The number of hydrogen-bond acceptors (Lipinski definition) is 4. The number of hydrogen-bond donors (Lipinski definition) is 0. The van der Waals surface area contributed by atoms with Gasteiger partial charge in [0.25, 0.3) is 5.91 Å². The molecule has 0 saturated heterocycles. The smallest absolute Gasteiger partial charge is 0.275 e. The van der Waals surface area contributed by atoms with Gasteiger partial charge in [-0.05, 0) is 54.9 Å². The fourth-order valence-corrected chi connectivity index (χ4v) is 3.41. The van der Waals surface area contributed by atoms with E-state index in [4.69, 9.17) is 0 Å². The highest BCUT2D eigenvalue weighted by Crippen LogP contribution is 2.18. The third-order valence-corrected chi connectivity index (χ3v) is 5.17. The van der Waals surface area contributed by atoms with Crippen LogP contribution in [0, 0.1) is 6.92 Å². The molecule has 26 heavy (non-hydrogen) atoms. The zero-order valence-electron chi connectivity index (χ0n) is 15.1. The van der Waals surface area contributed by atoms with E-state index in [0.717, 1.165) is 18.4 Å². The van der Waals surface area contributed by atoms with Gasteiger partial charge in [0.2, 0.25) is 0 Å². The summed E-state index contributed by atoms with van der Waals surface area (Å²) in [5, 5.41) is 5.70. The first kappa shape index (κ1) is 18.3. The molecule has 0 N–H and O–H groups in total. The van der Waals surface area contributed by atoms with E-state index < -0.39 is 0 Å². The molecular weight excluding hydrogens is 342 g/mol. The quantitative estimate of drug-likeness (QED) is 0.619. The van der Waals surface area contributed by atoms with E-state index in [9.17, 15) is 4.79 Å². The van der Waals surface area contributed by atoms with Crippen LogP contribution in [0.5, 0.6) is 0 Å². The van der Waals surface area contributed by atoms with E-state index in [-0.39, 0.29) is 11.9 Å². The minimum atomic E-state index is -0.0532. The minimum Gasteiger partial charge on any atom is -0.330 e. The van der Waals surface area contributed by atoms with Crippen molar-refractivity contribution in [2.24, 2.45) is 0 Å². The van der Waals surface area contributed by atoms with Crippen LogP contribution < -0.4 is 0 Å². The number of carbonyl (C=O) groups is 1. The Hall–Kier alpha value is -2.53. The van der Waals surface area contributed by atoms with Gasteiger partial charge in [0.1, 0.15) is 0 Å². The molecule has 0 saturated carbocycles. The monoisotopic (exact) mass is 365 g/mol. The number of carbonyl (C=O) groups excluding carboxylic acids is 1. The lowest BCUT2D eigenvalue weighted by molar-refractivity contribution is 0.0661. The van der Waals surface area contributed by atoms with Crippen molar-refractivity contribution in [3.8, 4) is 0 Å². The van der Waals surface area contributed by atoms with E-state index in [1.54, 1.807) is 5.38 Å². The summed E-state index contributed by atoms with van der Waals surface area (Å²) in [5.74, 6) is -0.0532. The number of amides is 1. The average molecular weight is 366 g/mol. The summed E-state index contributed by atoms with van der Waals surface area (Å²) >= 11 is 1.21. The Bertz CT molecular complexity index is 833. The molecule has 0 radical (unpaired) electrons. The molecule has 3 aromatic rings. The zero-order chi connectivity index (χ0) is 18.4. The molecule has 0 aliphatic rings. The molecule has 0 spiro atoms. The van der Waals surface area contributed by atoms with Gasteiger partial charge < -0.3 is 4.90 Å². The van der Waals surface area contributed by atoms with Crippen LogP contribution in [-0.4, -0.2) is 26.4 Å². The molecule has 0 bridgehead atoms. The van der Waals surface area contributed by atoms with Gasteiger partial charge in [-0.1, -0.05) is 59.1 Å². The molecule has 0 aliphatic carbocycles. The van der Waals surface area contributed by atoms with Gasteiger partial charge in [0, 0.05) is 18.0 Å². The van der Waals surface area contributed by atoms with Crippen LogP contribution in [0.25, 0.3) is 0 Å². The van der Waals surface area contributed by atoms with Gasteiger partial charge in [-0.25, -0.2) is 0 Å². The highest BCUT2D eigenvalue weighted by molar-refractivity contribution is 7.03. The molecule has 1 amide bonds. The molecule has 134 valence electrons. The Labute approximate surface area is 158 Å². The Morgan fingerprint density at radius 3 is 2.54 bits per heavy atom. The van der Waals surface area contributed by atoms with E-state index in [1.165, 1.54) is 22.7 Å². The van der Waals surface area contributed by atoms with E-state index in [0.29, 0.717) is 12.2 Å². The predicted octanol–water partition coefficient (Wildman–Crippen LogP) is 4.51. The molecule has 2 aromatic carbocycles. The first-order valence-corrected chi connectivity index (χ1v) is 9.65. The van der Waals surface area contributed by atoms with Crippen molar-refractivity contribution < 1.29 is 4.79 Å². The lowest BCUT2D eigenvalue weighted by atomic mass is 10.0. The molecule has 1 aromatic heterocycles. The third-order valence-electron chi connectivity index (χ3n) is 4.67. The first-order chi connectivity index (χ1) is 12.6. The maximum absolute atomic E-state index is 13.0. The fraction of sp³-hybridized carbons (Fsp3) is 0.286. The molecule has 5 heteroatoms. The maximum atomic E-state index is 13.0. The van der Waals surface area contributed by atoms with E-state index in [2.05, 4.69) is 59.8 Å². The largest absolute Gasteiger partial charge is 0.330 e. The van der Waals surface area contributed by atoms with Crippen molar-refractivity contribution in [3.63, 3.8) is 0 Å². The summed E-state index contributed by atoms with van der Waals surface area (Å²) in [6, 6.07) is 18.7. The summed E-state index contributed by atoms with van der Waals surface area (Å²) in [5.41, 5.74) is 4.07. The topological polar surface area (TPSA) is 46.1 Å². The van der Waals surface area contributed by atoms with Crippen LogP contribution in [0.2, 0.25) is 0 Å². The van der Waals surface area contributed by atoms with Crippen molar-refractivity contribution in [1.29, 1.82) is 0 Å². The number of aryl methyl sites for hydroxylation is 2. The Kier molecular flexibility index (Phi) is 6.12. The van der Waals surface area contributed by atoms with Gasteiger partial charge in [0.15, 0.2) is 5.69 Å². The average Bonchev–Trinajstić information content (AvgIpc) is 3.20. The molecule has 0 aliphatic heterocycles. The standard InChI is InChI=1S/C21H23N3OS/c1-16-8-6-7-11-19(16)14-24(21(25)20-15-26-23-22-20)17(2)12-13-18-9-4-3-5-10-18/h3-11,15,17H,12-14H2,1-2H3/t17-/m0/s1. The molecular formula is C21H23N3OS. The van der Waals surface area contributed by atoms with Crippen LogP contribution in [-0.2, 0) is 13.0 Å². The summed E-state index contributed by atoms with van der Waals surface area (Å²) in [6.45, 7) is 4.77. The predicted molar refractivity (Wildman–Crippen MR) is 105 cm³/mol. The Morgan fingerprint density at radius 2 is 1.85 bits per heavy atom. The normalized spacial score (nSPS) is 11.9. The van der Waals surface area contributed by atoms with Crippen LogP contribution in [0.15, 0.2) is 60.0 Å². The minimum absolute atomic E-state index is 0.0532. The van der Waals surface area contributed by atoms with E-state index >= 15 is 0 Å². The highest BCUT2D eigenvalue weighted by atomic mass is 32.1. The lowest BCUT2D eigenvalue weighted by Crippen LogP contribution is -2.38. The molecule has 1 atom stereocenters. The second-order valence-corrected chi connectivity index (χ2v) is 7.13. The third kappa shape index (κ3) is 4.55. The molecule has 1 heterocycles. The van der Waals surface area contributed by atoms with E-state index in [1.807, 2.05) is 23.1 Å². The highest BCUT2D eigenvalue weighted by Gasteiger charge is 2.24. The fourth-order valence-electron chi connectivity index (χ4n) is 2.98. The van der Waals surface area contributed by atoms with Crippen molar-refractivity contribution in [3.05, 3.63) is 82.4 Å². The number of benzene rings is 2. The Morgan fingerprint density at radius 1 is 1.12 bits per heavy atom. The van der Waals surface area contributed by atoms with Crippen molar-refractivity contribution >= 4 is 17.4 Å². The van der Waals surface area contributed by atoms with Gasteiger partial charge >= 0.3 is 0 Å². The number of rotatable bonds is 7. The first-order valence-electron chi connectivity index (χ1n) is 8.81. The Balaban J connectivity index is 1.77. The summed E-state index contributed by atoms with van der Waals surface area (Å²) in [7, 11) is 0. The zero-order valence-corrected chi connectivity index (χ0v) is 15.9. The number of nitrogens with zero attached hydrogens (tertiary/aromatic N) is 3. The summed E-state index contributed by atoms with van der Waals surface area (Å²) in [4.78, 5) is 14.9. The second-order valence-electron chi connectivity index (χ2n) is 6.52. The maximum Gasteiger partial charge on any atom is 0.275 e. The van der Waals surface area contributed by atoms with Crippen LogP contribution >= 0.6 is 11.5 Å². The van der Waals surface area contributed by atoms with Crippen LogP contribution in [0.1, 0.15) is 40.5 Å². The molecule has 0 fully saturated rings. The van der Waals surface area contributed by atoms with Crippen LogP contribution in [0.3, 0.4) is 0 Å². The van der Waals surface area contributed by atoms with Crippen molar-refractivity contribution in [1.82, 2.24) is 14.5 Å².